The van der Waals surface area contributed by atoms with Crippen LogP contribution in [0.15, 0.2) is 12.1 Å². The third kappa shape index (κ3) is 3.68. The number of hydrogen-bond acceptors (Lipinski definition) is 2. The van der Waals surface area contributed by atoms with E-state index in [-0.39, 0.29) is 5.91 Å². The summed E-state index contributed by atoms with van der Waals surface area (Å²) in [6, 6.07) is 3.50. The number of amides is 1. The zero-order valence-electron chi connectivity index (χ0n) is 8.18. The highest BCUT2D eigenvalue weighted by Crippen LogP contribution is 2.20. The van der Waals surface area contributed by atoms with Crippen LogP contribution in [0.25, 0.3) is 0 Å². The van der Waals surface area contributed by atoms with E-state index in [1.165, 1.54) is 17.8 Å². The molecule has 1 N–H and O–H groups in total. The second-order valence-electron chi connectivity index (χ2n) is 3.07. The Bertz CT molecular complexity index is 298. The second-order valence-corrected chi connectivity index (χ2v) is 4.78. The highest BCUT2D eigenvalue weighted by atomic mass is 35.5. The van der Waals surface area contributed by atoms with Crippen molar-refractivity contribution < 1.29 is 4.79 Å². The number of hydrogen-bond donors (Lipinski definition) is 1. The highest BCUT2D eigenvalue weighted by molar-refractivity contribution is 7.17. The molecule has 1 aromatic rings. The molecule has 0 bridgehead atoms. The van der Waals surface area contributed by atoms with Crippen LogP contribution in [-0.4, -0.2) is 12.5 Å². The van der Waals surface area contributed by atoms with Gasteiger partial charge in [0.25, 0.3) is 5.91 Å². The van der Waals surface area contributed by atoms with Crippen molar-refractivity contribution in [2.75, 3.05) is 6.54 Å². The average Bonchev–Trinajstić information content (AvgIpc) is 2.59. The Morgan fingerprint density at radius 2 is 2.29 bits per heavy atom. The van der Waals surface area contributed by atoms with Gasteiger partial charge in [0.2, 0.25) is 0 Å². The van der Waals surface area contributed by atoms with Crippen molar-refractivity contribution in [3.63, 3.8) is 0 Å². The summed E-state index contributed by atoms with van der Waals surface area (Å²) in [5.74, 6) is -0.0157. The Kier molecular flexibility index (Phi) is 4.98. The van der Waals surface area contributed by atoms with E-state index < -0.39 is 0 Å². The highest BCUT2D eigenvalue weighted by Gasteiger charge is 2.06. The third-order valence-corrected chi connectivity index (χ3v) is 3.09. The Balaban J connectivity index is 2.29. The second kappa shape index (κ2) is 6.04. The summed E-state index contributed by atoms with van der Waals surface area (Å²) < 4.78 is 0.656. The summed E-state index contributed by atoms with van der Waals surface area (Å²) in [6.07, 6.45) is 3.37. The molecule has 4 heteroatoms. The fourth-order valence-electron chi connectivity index (χ4n) is 1.10. The van der Waals surface area contributed by atoms with Crippen LogP contribution in [0.5, 0.6) is 0 Å². The molecular weight excluding hydrogens is 218 g/mol. The Morgan fingerprint density at radius 3 is 2.86 bits per heavy atom. The van der Waals surface area contributed by atoms with Crippen LogP contribution in [0.2, 0.25) is 4.34 Å². The molecular formula is C10H14ClNOS. The first-order chi connectivity index (χ1) is 6.74. The Morgan fingerprint density at radius 1 is 1.50 bits per heavy atom. The minimum atomic E-state index is -0.0157. The monoisotopic (exact) mass is 231 g/mol. The molecule has 2 nitrogen and oxygen atoms in total. The van der Waals surface area contributed by atoms with Gasteiger partial charge in [-0.1, -0.05) is 31.4 Å². The number of rotatable bonds is 5. The minimum absolute atomic E-state index is 0.0157. The van der Waals surface area contributed by atoms with E-state index in [1.807, 2.05) is 0 Å². The smallest absolute Gasteiger partial charge is 0.261 e. The molecule has 0 aromatic carbocycles. The van der Waals surface area contributed by atoms with Gasteiger partial charge in [0.05, 0.1) is 9.21 Å². The van der Waals surface area contributed by atoms with Crippen LogP contribution in [0.3, 0.4) is 0 Å². The van der Waals surface area contributed by atoms with Gasteiger partial charge in [-0.25, -0.2) is 0 Å². The minimum Gasteiger partial charge on any atom is -0.351 e. The summed E-state index contributed by atoms with van der Waals surface area (Å²) in [5, 5.41) is 2.86. The van der Waals surface area contributed by atoms with Crippen LogP contribution < -0.4 is 5.32 Å². The quantitative estimate of drug-likeness (QED) is 0.774. The van der Waals surface area contributed by atoms with Crippen LogP contribution in [0, 0.1) is 0 Å². The van der Waals surface area contributed by atoms with Gasteiger partial charge in [0.1, 0.15) is 0 Å². The standard InChI is InChI=1S/C10H14ClNOS/c1-2-3-4-7-12-10(13)8-5-6-9(11)14-8/h5-6H,2-4,7H2,1H3,(H,12,13). The fourth-order valence-corrected chi connectivity index (χ4v) is 2.06. The lowest BCUT2D eigenvalue weighted by atomic mass is 10.2. The predicted octanol–water partition coefficient (Wildman–Crippen LogP) is 3.32. The van der Waals surface area contributed by atoms with Gasteiger partial charge in [-0.15, -0.1) is 11.3 Å². The molecule has 0 aliphatic heterocycles. The molecule has 0 unspecified atom stereocenters. The van der Waals surface area contributed by atoms with Crippen molar-refractivity contribution in [3.05, 3.63) is 21.3 Å². The number of nitrogens with one attached hydrogen (secondary N) is 1. The molecule has 1 rings (SSSR count). The van der Waals surface area contributed by atoms with Crippen LogP contribution in [0.4, 0.5) is 0 Å². The number of unbranched alkanes of at least 4 members (excludes halogenated alkanes) is 2. The molecule has 0 aliphatic carbocycles. The summed E-state index contributed by atoms with van der Waals surface area (Å²) in [4.78, 5) is 12.1. The van der Waals surface area contributed by atoms with Gasteiger partial charge in [-0.05, 0) is 18.6 Å². The van der Waals surface area contributed by atoms with Crippen molar-refractivity contribution in [1.29, 1.82) is 0 Å². The lowest BCUT2D eigenvalue weighted by Crippen LogP contribution is -2.23. The van der Waals surface area contributed by atoms with E-state index in [2.05, 4.69) is 12.2 Å². The molecule has 78 valence electrons. The van der Waals surface area contributed by atoms with Crippen molar-refractivity contribution in [2.24, 2.45) is 0 Å². The zero-order valence-corrected chi connectivity index (χ0v) is 9.75. The van der Waals surface area contributed by atoms with Crippen molar-refractivity contribution in [2.45, 2.75) is 26.2 Å². The van der Waals surface area contributed by atoms with E-state index >= 15 is 0 Å². The number of carbonyl (C=O) groups is 1. The molecule has 0 fully saturated rings. The van der Waals surface area contributed by atoms with Crippen LogP contribution in [0.1, 0.15) is 35.9 Å². The van der Waals surface area contributed by atoms with Crippen molar-refractivity contribution in [3.8, 4) is 0 Å². The Labute approximate surface area is 93.3 Å². The van der Waals surface area contributed by atoms with Gasteiger partial charge in [-0.3, -0.25) is 4.79 Å². The van der Waals surface area contributed by atoms with E-state index in [0.717, 1.165) is 19.4 Å². The summed E-state index contributed by atoms with van der Waals surface area (Å²) in [7, 11) is 0. The molecule has 1 heterocycles. The SMILES string of the molecule is CCCCCNC(=O)c1ccc(Cl)s1. The van der Waals surface area contributed by atoms with Crippen molar-refractivity contribution >= 4 is 28.8 Å². The third-order valence-electron chi connectivity index (χ3n) is 1.86. The Hall–Kier alpha value is -0.540. The van der Waals surface area contributed by atoms with Crippen LogP contribution in [-0.2, 0) is 0 Å². The maximum Gasteiger partial charge on any atom is 0.261 e. The predicted molar refractivity (Wildman–Crippen MR) is 61.2 cm³/mol. The molecule has 1 amide bonds. The summed E-state index contributed by atoms with van der Waals surface area (Å²) in [6.45, 7) is 2.89. The van der Waals surface area contributed by atoms with Gasteiger partial charge in [0, 0.05) is 6.54 Å². The number of carbonyl (C=O) groups excluding carboxylic acids is 1. The molecule has 0 atom stereocenters. The largest absolute Gasteiger partial charge is 0.351 e. The normalized spacial score (nSPS) is 10.1. The van der Waals surface area contributed by atoms with E-state index in [4.69, 9.17) is 11.6 Å². The maximum atomic E-state index is 11.5. The maximum absolute atomic E-state index is 11.5. The van der Waals surface area contributed by atoms with Gasteiger partial charge in [-0.2, -0.15) is 0 Å². The van der Waals surface area contributed by atoms with E-state index in [0.29, 0.717) is 9.21 Å². The van der Waals surface area contributed by atoms with Crippen LogP contribution >= 0.6 is 22.9 Å². The molecule has 0 spiro atoms. The molecule has 0 radical (unpaired) electrons. The van der Waals surface area contributed by atoms with E-state index in [9.17, 15) is 4.79 Å². The van der Waals surface area contributed by atoms with E-state index in [1.54, 1.807) is 12.1 Å². The topological polar surface area (TPSA) is 29.1 Å². The van der Waals surface area contributed by atoms with Gasteiger partial charge in [0.15, 0.2) is 0 Å². The number of thiophene rings is 1. The average molecular weight is 232 g/mol. The molecule has 0 saturated heterocycles. The molecule has 1 aromatic heterocycles. The van der Waals surface area contributed by atoms with Gasteiger partial charge < -0.3 is 5.32 Å². The molecule has 0 aliphatic rings. The number of halogens is 1. The molecule has 0 saturated carbocycles. The molecule has 14 heavy (non-hydrogen) atoms. The van der Waals surface area contributed by atoms with Gasteiger partial charge >= 0.3 is 0 Å². The fraction of sp³-hybridized carbons (Fsp3) is 0.500. The first-order valence-corrected chi connectivity index (χ1v) is 5.97. The summed E-state index contributed by atoms with van der Waals surface area (Å²) in [5.41, 5.74) is 0. The zero-order chi connectivity index (χ0) is 10.4. The lowest BCUT2D eigenvalue weighted by molar-refractivity contribution is 0.0957. The summed E-state index contributed by atoms with van der Waals surface area (Å²) >= 11 is 7.04. The lowest BCUT2D eigenvalue weighted by Gasteiger charge is -2.01. The van der Waals surface area contributed by atoms with Crippen molar-refractivity contribution in [1.82, 2.24) is 5.32 Å². The first kappa shape index (κ1) is 11.5. The first-order valence-electron chi connectivity index (χ1n) is 4.77.